The first kappa shape index (κ1) is 22.2. The summed E-state index contributed by atoms with van der Waals surface area (Å²) >= 11 is 1.38. The molecule has 1 aliphatic heterocycles. The molecule has 0 aromatic carbocycles. The van der Waals surface area contributed by atoms with Gasteiger partial charge < -0.3 is 15.0 Å². The number of hydrogen-bond donors (Lipinski definition) is 1. The molecular formula is C22H29N7O2S. The van der Waals surface area contributed by atoms with Crippen LogP contribution in [-0.2, 0) is 11.3 Å². The van der Waals surface area contributed by atoms with Gasteiger partial charge in [-0.2, -0.15) is 9.47 Å². The predicted molar refractivity (Wildman–Crippen MR) is 124 cm³/mol. The summed E-state index contributed by atoms with van der Waals surface area (Å²) in [6, 6.07) is 1.97. The van der Waals surface area contributed by atoms with Crippen molar-refractivity contribution in [2.75, 3.05) is 18.4 Å². The summed E-state index contributed by atoms with van der Waals surface area (Å²) in [5, 5.41) is 8.66. The fourth-order valence-corrected chi connectivity index (χ4v) is 4.31. The van der Waals surface area contributed by atoms with E-state index in [0.717, 1.165) is 40.5 Å². The molecule has 4 rings (SSSR count). The number of hydrogen-bond acceptors (Lipinski definition) is 8. The molecule has 1 saturated heterocycles. The van der Waals surface area contributed by atoms with Crippen molar-refractivity contribution in [1.82, 2.24) is 29.0 Å². The second-order valence-corrected chi connectivity index (χ2v) is 10.0. The van der Waals surface area contributed by atoms with Crippen LogP contribution in [0.5, 0.6) is 0 Å². The third-order valence-electron chi connectivity index (χ3n) is 5.12. The van der Waals surface area contributed by atoms with Crippen LogP contribution in [0.1, 0.15) is 38.4 Å². The second kappa shape index (κ2) is 8.85. The van der Waals surface area contributed by atoms with E-state index in [1.54, 1.807) is 4.90 Å². The maximum Gasteiger partial charge on any atom is 0.410 e. The van der Waals surface area contributed by atoms with Crippen molar-refractivity contribution in [2.24, 2.45) is 5.92 Å². The fraction of sp³-hybridized carbons (Fsp3) is 0.500. The molecule has 0 spiro atoms. The zero-order valence-electron chi connectivity index (χ0n) is 19.1. The third kappa shape index (κ3) is 5.42. The monoisotopic (exact) mass is 455 g/mol. The zero-order chi connectivity index (χ0) is 22.9. The zero-order valence-corrected chi connectivity index (χ0v) is 19.9. The Bertz CT molecular complexity index is 1100. The molecule has 10 heteroatoms. The largest absolute Gasteiger partial charge is 0.444 e. The normalized spacial score (nSPS) is 16.4. The van der Waals surface area contributed by atoms with Gasteiger partial charge in [0.1, 0.15) is 10.6 Å². The Morgan fingerprint density at radius 2 is 2.12 bits per heavy atom. The Hall–Kier alpha value is -3.01. The highest BCUT2D eigenvalue weighted by Crippen LogP contribution is 2.26. The van der Waals surface area contributed by atoms with Gasteiger partial charge >= 0.3 is 6.09 Å². The molecule has 3 aromatic heterocycles. The molecule has 1 unspecified atom stereocenters. The maximum absolute atomic E-state index is 12.3. The molecule has 1 aliphatic rings. The fourth-order valence-electron chi connectivity index (χ4n) is 3.65. The smallest absolute Gasteiger partial charge is 0.410 e. The molecule has 4 heterocycles. The van der Waals surface area contributed by atoms with Crippen molar-refractivity contribution in [3.05, 3.63) is 35.9 Å². The Morgan fingerprint density at radius 1 is 1.31 bits per heavy atom. The lowest BCUT2D eigenvalue weighted by Crippen LogP contribution is -2.35. The van der Waals surface area contributed by atoms with Crippen LogP contribution in [0.2, 0.25) is 0 Å². The van der Waals surface area contributed by atoms with Crippen molar-refractivity contribution in [3.8, 4) is 11.3 Å². The molecule has 0 bridgehead atoms. The molecule has 9 nitrogen and oxygen atoms in total. The second-order valence-electron chi connectivity index (χ2n) is 9.21. The first-order chi connectivity index (χ1) is 15.2. The molecule has 0 saturated carbocycles. The third-order valence-corrected chi connectivity index (χ3v) is 5.92. The molecular weight excluding hydrogens is 426 g/mol. The van der Waals surface area contributed by atoms with Gasteiger partial charge in [0.15, 0.2) is 0 Å². The van der Waals surface area contributed by atoms with Gasteiger partial charge in [0.25, 0.3) is 0 Å². The van der Waals surface area contributed by atoms with Gasteiger partial charge in [-0.25, -0.2) is 14.8 Å². The summed E-state index contributed by atoms with van der Waals surface area (Å²) < 4.78 is 11.7. The Labute approximate surface area is 192 Å². The highest BCUT2D eigenvalue weighted by molar-refractivity contribution is 7.10. The van der Waals surface area contributed by atoms with Gasteiger partial charge in [-0.15, -0.1) is 0 Å². The number of ether oxygens (including phenoxy) is 1. The Morgan fingerprint density at radius 3 is 2.84 bits per heavy atom. The lowest BCUT2D eigenvalue weighted by Gasteiger charge is -2.24. The number of amides is 1. The summed E-state index contributed by atoms with van der Waals surface area (Å²) in [6.45, 7) is 11.7. The van der Waals surface area contributed by atoms with Crippen LogP contribution in [0.25, 0.3) is 11.3 Å². The molecule has 1 fully saturated rings. The summed E-state index contributed by atoms with van der Waals surface area (Å²) in [5.41, 5.74) is 3.25. The van der Waals surface area contributed by atoms with Crippen molar-refractivity contribution in [3.63, 3.8) is 0 Å². The van der Waals surface area contributed by atoms with E-state index in [2.05, 4.69) is 19.8 Å². The van der Waals surface area contributed by atoms with E-state index in [9.17, 15) is 4.79 Å². The van der Waals surface area contributed by atoms with E-state index in [1.807, 2.05) is 64.0 Å². The van der Waals surface area contributed by atoms with Crippen LogP contribution in [0.4, 0.5) is 15.7 Å². The number of aryl methyl sites for hydroxylation is 2. The summed E-state index contributed by atoms with van der Waals surface area (Å²) in [7, 11) is 0. The van der Waals surface area contributed by atoms with Gasteiger partial charge in [0.05, 0.1) is 17.6 Å². The SMILES string of the molecule is Cc1cc(Nc2ncc(C)c(-c3cnn(CC4CCN(C(=O)OC(C)(C)C)C4)c3)n2)sn1. The molecule has 0 radical (unpaired) electrons. The maximum atomic E-state index is 12.3. The summed E-state index contributed by atoms with van der Waals surface area (Å²) in [6.07, 6.45) is 6.34. The van der Waals surface area contributed by atoms with Crippen LogP contribution in [-0.4, -0.2) is 53.8 Å². The summed E-state index contributed by atoms with van der Waals surface area (Å²) in [4.78, 5) is 23.2. The van der Waals surface area contributed by atoms with Gasteiger partial charge in [-0.05, 0) is 70.1 Å². The molecule has 3 aromatic rings. The van der Waals surface area contributed by atoms with Crippen LogP contribution in [0.3, 0.4) is 0 Å². The lowest BCUT2D eigenvalue weighted by atomic mass is 10.1. The minimum absolute atomic E-state index is 0.242. The molecule has 1 N–H and O–H groups in total. The van der Waals surface area contributed by atoms with E-state index in [-0.39, 0.29) is 6.09 Å². The minimum Gasteiger partial charge on any atom is -0.444 e. The van der Waals surface area contributed by atoms with Crippen molar-refractivity contribution >= 4 is 28.6 Å². The van der Waals surface area contributed by atoms with E-state index in [1.165, 1.54) is 11.5 Å². The molecule has 170 valence electrons. The highest BCUT2D eigenvalue weighted by atomic mass is 32.1. The van der Waals surface area contributed by atoms with Crippen LogP contribution in [0.15, 0.2) is 24.7 Å². The number of anilines is 2. The van der Waals surface area contributed by atoms with Gasteiger partial charge in [-0.3, -0.25) is 4.68 Å². The number of aromatic nitrogens is 5. The standard InChI is InChI=1S/C22H29N7O2S/c1-14-9-23-20(25-18-8-15(2)27-32-18)26-19(14)17-10-24-29(13-17)12-16-6-7-28(11-16)21(30)31-22(3,4)5/h8-10,13,16H,6-7,11-12H2,1-5H3,(H,23,25,26). The molecule has 0 aliphatic carbocycles. The van der Waals surface area contributed by atoms with Crippen LogP contribution >= 0.6 is 11.5 Å². The first-order valence-corrected chi connectivity index (χ1v) is 11.5. The topological polar surface area (TPSA) is 98.1 Å². The Balaban J connectivity index is 1.41. The quantitative estimate of drug-likeness (QED) is 0.608. The van der Waals surface area contributed by atoms with Crippen LogP contribution in [0, 0.1) is 19.8 Å². The average Bonchev–Trinajstić information content (AvgIpc) is 3.44. The lowest BCUT2D eigenvalue weighted by molar-refractivity contribution is 0.0286. The van der Waals surface area contributed by atoms with E-state index in [0.29, 0.717) is 25.0 Å². The average molecular weight is 456 g/mol. The van der Waals surface area contributed by atoms with Crippen molar-refractivity contribution < 1.29 is 9.53 Å². The first-order valence-electron chi connectivity index (χ1n) is 10.7. The van der Waals surface area contributed by atoms with E-state index in [4.69, 9.17) is 9.72 Å². The number of rotatable bonds is 5. The number of nitrogens with one attached hydrogen (secondary N) is 1. The number of carbonyl (C=O) groups excluding carboxylic acids is 1. The van der Waals surface area contributed by atoms with Crippen molar-refractivity contribution in [2.45, 2.75) is 53.2 Å². The van der Waals surface area contributed by atoms with Gasteiger partial charge in [-0.1, -0.05) is 0 Å². The number of carbonyl (C=O) groups is 1. The molecule has 1 atom stereocenters. The number of likely N-dealkylation sites (tertiary alicyclic amines) is 1. The van der Waals surface area contributed by atoms with Crippen molar-refractivity contribution in [1.29, 1.82) is 0 Å². The van der Waals surface area contributed by atoms with Crippen LogP contribution < -0.4 is 5.32 Å². The minimum atomic E-state index is -0.478. The van der Waals surface area contributed by atoms with Gasteiger partial charge in [0.2, 0.25) is 5.95 Å². The van der Waals surface area contributed by atoms with E-state index >= 15 is 0 Å². The molecule has 32 heavy (non-hydrogen) atoms. The predicted octanol–water partition coefficient (Wildman–Crippen LogP) is 4.41. The Kier molecular flexibility index (Phi) is 6.14. The highest BCUT2D eigenvalue weighted by Gasteiger charge is 2.30. The summed E-state index contributed by atoms with van der Waals surface area (Å²) in [5.74, 6) is 0.874. The van der Waals surface area contributed by atoms with E-state index < -0.39 is 5.60 Å². The molecule has 1 amide bonds. The number of nitrogens with zero attached hydrogens (tertiary/aromatic N) is 6. The van der Waals surface area contributed by atoms with Gasteiger partial charge in [0, 0.05) is 37.6 Å².